The third-order valence-corrected chi connectivity index (χ3v) is 9.18. The van der Waals surface area contributed by atoms with Crippen LogP contribution in [0.2, 0.25) is 0 Å². The lowest BCUT2D eigenvalue weighted by atomic mass is 9.46. The summed E-state index contributed by atoms with van der Waals surface area (Å²) >= 11 is 0. The van der Waals surface area contributed by atoms with Gasteiger partial charge in [-0.15, -0.1) is 20.2 Å². The Morgan fingerprint density at radius 1 is 1.20 bits per heavy atom. The Morgan fingerprint density at radius 2 is 1.91 bits per heavy atom. The molecular formula is C23H30N2O10. The van der Waals surface area contributed by atoms with E-state index in [9.17, 15) is 29.8 Å². The Kier molecular flexibility index (Phi) is 6.25. The van der Waals surface area contributed by atoms with Crippen molar-refractivity contribution in [1.29, 1.82) is 0 Å². The molecule has 1 unspecified atom stereocenters. The highest BCUT2D eigenvalue weighted by molar-refractivity contribution is 6.01. The molecule has 0 saturated heterocycles. The highest BCUT2D eigenvalue weighted by Gasteiger charge is 2.73. The number of carbonyl (C=O) groups excluding carboxylic acids is 2. The smallest absolute Gasteiger partial charge is 0.294 e. The highest BCUT2D eigenvalue weighted by Crippen LogP contribution is 2.68. The predicted molar refractivity (Wildman–Crippen MR) is 118 cm³/mol. The molecule has 4 rings (SSSR count). The zero-order valence-electron chi connectivity index (χ0n) is 20.1. The van der Waals surface area contributed by atoms with Crippen molar-refractivity contribution in [1.82, 2.24) is 0 Å². The van der Waals surface area contributed by atoms with Crippen molar-refractivity contribution >= 4 is 11.6 Å². The summed E-state index contributed by atoms with van der Waals surface area (Å²) in [6, 6.07) is 0. The Balaban J connectivity index is 1.82. The summed E-state index contributed by atoms with van der Waals surface area (Å²) in [5, 5.41) is 20.5. The van der Waals surface area contributed by atoms with Crippen molar-refractivity contribution in [3.05, 3.63) is 44.0 Å². The summed E-state index contributed by atoms with van der Waals surface area (Å²) in [6.07, 6.45) is 5.05. The molecule has 0 aromatic heterocycles. The molecule has 12 nitrogen and oxygen atoms in total. The second kappa shape index (κ2) is 8.66. The normalized spacial score (nSPS) is 41.8. The minimum atomic E-state index is -1.62. The molecule has 4 aliphatic carbocycles. The van der Waals surface area contributed by atoms with Crippen LogP contribution in [0, 0.1) is 48.8 Å². The molecule has 8 atom stereocenters. The van der Waals surface area contributed by atoms with Gasteiger partial charge in [0, 0.05) is 31.0 Å². The minimum Gasteiger partial charge on any atom is -0.378 e. The van der Waals surface area contributed by atoms with Crippen LogP contribution >= 0.6 is 0 Å². The van der Waals surface area contributed by atoms with Gasteiger partial charge >= 0.3 is 0 Å². The molecule has 0 amide bonds. The van der Waals surface area contributed by atoms with Gasteiger partial charge in [-0.05, 0) is 49.7 Å². The molecule has 0 N–H and O–H groups in total. The average molecular weight is 494 g/mol. The van der Waals surface area contributed by atoms with Gasteiger partial charge in [0.15, 0.2) is 23.8 Å². The van der Waals surface area contributed by atoms with Crippen molar-refractivity contribution in [2.75, 3.05) is 20.8 Å². The van der Waals surface area contributed by atoms with Crippen LogP contribution in [0.25, 0.3) is 0 Å². The standard InChI is InChI=1S/C23H30N2O10/c1-21-8-7-14(26)9-13(21)5-6-15-16-10-19(32-3)23(33-4,18(27)12-34-24(28)29)22(16,2)11-17(20(15)21)35-25(30)31/h7-9,15-17,19-20H,5-6,10-12H2,1-4H3/t15?,16-,17-,19+,20+,21-,22-,23+/m0/s1. The maximum Gasteiger partial charge on any atom is 0.294 e. The molecule has 0 aromatic rings. The first-order valence-electron chi connectivity index (χ1n) is 11.6. The first-order valence-corrected chi connectivity index (χ1v) is 11.6. The van der Waals surface area contributed by atoms with Crippen LogP contribution in [0.4, 0.5) is 0 Å². The molecule has 3 fully saturated rings. The number of nitrogens with zero attached hydrogens (tertiary/aromatic N) is 2. The van der Waals surface area contributed by atoms with Crippen LogP contribution in [0.15, 0.2) is 23.8 Å². The zero-order chi connectivity index (χ0) is 25.8. The summed E-state index contributed by atoms with van der Waals surface area (Å²) in [4.78, 5) is 57.6. The number of carbonyl (C=O) groups is 2. The number of fused-ring (bicyclic) bond motifs is 5. The van der Waals surface area contributed by atoms with Crippen LogP contribution in [0.5, 0.6) is 0 Å². The molecular weight excluding hydrogens is 464 g/mol. The number of ketones is 2. The Hall–Kier alpha value is -2.86. The summed E-state index contributed by atoms with van der Waals surface area (Å²) in [7, 11) is 2.79. The molecule has 0 aliphatic heterocycles. The van der Waals surface area contributed by atoms with Gasteiger partial charge in [-0.3, -0.25) is 9.59 Å². The molecule has 0 bridgehead atoms. The van der Waals surface area contributed by atoms with Crippen LogP contribution in [0.3, 0.4) is 0 Å². The zero-order valence-corrected chi connectivity index (χ0v) is 20.1. The summed E-state index contributed by atoms with van der Waals surface area (Å²) in [5.74, 6) is -1.37. The average Bonchev–Trinajstić information content (AvgIpc) is 3.05. The number of allylic oxidation sites excluding steroid dienone is 4. The Morgan fingerprint density at radius 3 is 2.51 bits per heavy atom. The molecule has 0 radical (unpaired) electrons. The predicted octanol–water partition coefficient (Wildman–Crippen LogP) is 2.27. The maximum absolute atomic E-state index is 13.5. The molecule has 192 valence electrons. The number of hydrogen-bond acceptors (Lipinski definition) is 10. The van der Waals surface area contributed by atoms with E-state index in [0.29, 0.717) is 19.3 Å². The van der Waals surface area contributed by atoms with Crippen molar-refractivity contribution < 1.29 is 38.9 Å². The van der Waals surface area contributed by atoms with Gasteiger partial charge in [-0.2, -0.15) is 0 Å². The van der Waals surface area contributed by atoms with E-state index in [-0.39, 0.29) is 30.0 Å². The van der Waals surface area contributed by atoms with Gasteiger partial charge in [-0.25, -0.2) is 0 Å². The van der Waals surface area contributed by atoms with E-state index in [1.54, 1.807) is 6.08 Å². The van der Waals surface area contributed by atoms with E-state index in [0.717, 1.165) is 5.57 Å². The minimum absolute atomic E-state index is 0.0857. The molecule has 12 heteroatoms. The lowest BCUT2D eigenvalue weighted by molar-refractivity contribution is -0.773. The van der Waals surface area contributed by atoms with Crippen LogP contribution in [-0.2, 0) is 28.7 Å². The van der Waals surface area contributed by atoms with E-state index in [1.807, 2.05) is 19.9 Å². The fourth-order valence-corrected chi connectivity index (χ4v) is 7.93. The number of hydrogen-bond donors (Lipinski definition) is 0. The van der Waals surface area contributed by atoms with Gasteiger partial charge in [-0.1, -0.05) is 25.5 Å². The molecule has 4 aliphatic rings. The highest BCUT2D eigenvalue weighted by atomic mass is 17.0. The van der Waals surface area contributed by atoms with Crippen molar-refractivity contribution in [3.63, 3.8) is 0 Å². The van der Waals surface area contributed by atoms with Crippen molar-refractivity contribution in [2.45, 2.75) is 57.3 Å². The molecule has 0 spiro atoms. The number of methoxy groups -OCH3 is 2. The number of rotatable bonds is 8. The van der Waals surface area contributed by atoms with E-state index < -0.39 is 51.2 Å². The Bertz CT molecular complexity index is 1010. The summed E-state index contributed by atoms with van der Waals surface area (Å²) in [6.45, 7) is 2.97. The van der Waals surface area contributed by atoms with Crippen LogP contribution in [0.1, 0.15) is 39.5 Å². The summed E-state index contributed by atoms with van der Waals surface area (Å²) < 4.78 is 11.6. The van der Waals surface area contributed by atoms with Gasteiger partial charge in [0.2, 0.25) is 0 Å². The third-order valence-electron chi connectivity index (χ3n) is 9.18. The first kappa shape index (κ1) is 25.2. The fourth-order valence-electron chi connectivity index (χ4n) is 7.93. The van der Waals surface area contributed by atoms with Gasteiger partial charge in [0.1, 0.15) is 6.10 Å². The lowest BCUT2D eigenvalue weighted by Gasteiger charge is -2.60. The quantitative estimate of drug-likeness (QED) is 0.362. The topological polar surface area (TPSA) is 157 Å². The van der Waals surface area contributed by atoms with Crippen molar-refractivity contribution in [3.8, 4) is 0 Å². The molecule has 0 aromatic carbocycles. The third kappa shape index (κ3) is 3.56. The summed E-state index contributed by atoms with van der Waals surface area (Å²) in [5.41, 5.74) is -2.33. The van der Waals surface area contributed by atoms with Crippen LogP contribution < -0.4 is 0 Å². The first-order chi connectivity index (χ1) is 16.4. The van der Waals surface area contributed by atoms with E-state index in [4.69, 9.17) is 14.3 Å². The lowest BCUT2D eigenvalue weighted by Crippen LogP contribution is -2.65. The van der Waals surface area contributed by atoms with Gasteiger partial charge in [0.25, 0.3) is 10.2 Å². The SMILES string of the molecule is CO[C@@H]1C[C@H]2C3CCC4=CC(=O)C=C[C@]4(C)[C@H]3[C@@H](O[N+](=O)[O-])C[C@]2(C)[C@@]1(OC)C(=O)CO[N+](=O)[O-]. The second-order valence-electron chi connectivity index (χ2n) is 10.3. The number of ether oxygens (including phenoxy) is 2. The molecule has 3 saturated carbocycles. The number of Topliss-reactive ketones (excluding diaryl/α,β-unsaturated/α-hetero) is 1. The molecule has 35 heavy (non-hydrogen) atoms. The Labute approximate surface area is 201 Å². The van der Waals surface area contributed by atoms with Gasteiger partial charge in [0.05, 0.1) is 6.10 Å². The van der Waals surface area contributed by atoms with E-state index in [1.165, 1.54) is 20.3 Å². The van der Waals surface area contributed by atoms with E-state index in [2.05, 4.69) is 4.84 Å². The largest absolute Gasteiger partial charge is 0.378 e. The van der Waals surface area contributed by atoms with E-state index >= 15 is 0 Å². The van der Waals surface area contributed by atoms with Gasteiger partial charge < -0.3 is 19.1 Å². The van der Waals surface area contributed by atoms with Crippen molar-refractivity contribution in [2.24, 2.45) is 28.6 Å². The maximum atomic E-state index is 13.5. The monoisotopic (exact) mass is 494 g/mol. The molecule has 0 heterocycles. The van der Waals surface area contributed by atoms with Crippen LogP contribution in [-0.4, -0.2) is 60.4 Å². The second-order valence-corrected chi connectivity index (χ2v) is 10.3. The fraction of sp³-hybridized carbons (Fsp3) is 0.739.